The number of benzene rings is 2. The van der Waals surface area contributed by atoms with Crippen LogP contribution in [-0.4, -0.2) is 13.8 Å². The van der Waals surface area contributed by atoms with E-state index >= 15 is 0 Å². The van der Waals surface area contributed by atoms with Crippen LogP contribution < -0.4 is 14.8 Å². The van der Waals surface area contributed by atoms with E-state index in [1.807, 2.05) is 19.2 Å². The second-order valence-electron chi connectivity index (χ2n) is 4.64. The van der Waals surface area contributed by atoms with Gasteiger partial charge in [0.1, 0.15) is 0 Å². The van der Waals surface area contributed by atoms with E-state index in [1.165, 1.54) is 11.1 Å². The molecule has 0 bridgehead atoms. The van der Waals surface area contributed by atoms with Crippen molar-refractivity contribution in [3.05, 3.63) is 59.7 Å². The monoisotopic (exact) mass is 255 g/mol. The Kier molecular flexibility index (Phi) is 3.38. The van der Waals surface area contributed by atoms with Crippen LogP contribution in [0.4, 0.5) is 0 Å². The molecule has 0 fully saturated rings. The zero-order valence-electron chi connectivity index (χ0n) is 10.9. The minimum atomic E-state index is 0.275. The van der Waals surface area contributed by atoms with Gasteiger partial charge in [0.05, 0.1) is 0 Å². The van der Waals surface area contributed by atoms with Crippen molar-refractivity contribution in [2.45, 2.75) is 12.5 Å². The topological polar surface area (TPSA) is 30.5 Å². The third-order valence-electron chi connectivity index (χ3n) is 3.43. The Labute approximate surface area is 113 Å². The highest BCUT2D eigenvalue weighted by Crippen LogP contribution is 2.34. The molecule has 0 amide bonds. The smallest absolute Gasteiger partial charge is 0.231 e. The second-order valence-corrected chi connectivity index (χ2v) is 4.64. The maximum absolute atomic E-state index is 5.43. The van der Waals surface area contributed by atoms with Crippen molar-refractivity contribution in [3.63, 3.8) is 0 Å². The van der Waals surface area contributed by atoms with Crippen molar-refractivity contribution in [1.29, 1.82) is 0 Å². The number of ether oxygens (including phenoxy) is 2. The molecule has 3 heteroatoms. The Morgan fingerprint density at radius 2 is 1.84 bits per heavy atom. The van der Waals surface area contributed by atoms with Crippen LogP contribution in [-0.2, 0) is 6.42 Å². The number of nitrogens with one attached hydrogen (secondary N) is 1. The van der Waals surface area contributed by atoms with Gasteiger partial charge in [-0.3, -0.25) is 0 Å². The highest BCUT2D eigenvalue weighted by atomic mass is 16.7. The van der Waals surface area contributed by atoms with Crippen LogP contribution in [0, 0.1) is 0 Å². The number of rotatable bonds is 4. The summed E-state index contributed by atoms with van der Waals surface area (Å²) in [7, 11) is 1.98. The fourth-order valence-corrected chi connectivity index (χ4v) is 2.37. The van der Waals surface area contributed by atoms with E-state index in [4.69, 9.17) is 9.47 Å². The fourth-order valence-electron chi connectivity index (χ4n) is 2.37. The third kappa shape index (κ3) is 2.56. The maximum atomic E-state index is 5.43. The van der Waals surface area contributed by atoms with E-state index in [-0.39, 0.29) is 6.04 Å². The van der Waals surface area contributed by atoms with Crippen molar-refractivity contribution >= 4 is 0 Å². The van der Waals surface area contributed by atoms with Crippen molar-refractivity contribution in [3.8, 4) is 11.5 Å². The summed E-state index contributed by atoms with van der Waals surface area (Å²) in [4.78, 5) is 0. The summed E-state index contributed by atoms with van der Waals surface area (Å²) < 4.78 is 10.8. The molecule has 1 aliphatic heterocycles. The Hall–Kier alpha value is -2.00. The summed E-state index contributed by atoms with van der Waals surface area (Å²) in [5, 5.41) is 3.36. The standard InChI is InChI=1S/C16H17NO2/c1-17-14(9-12-5-3-2-4-6-12)13-7-8-15-16(10-13)19-11-18-15/h2-8,10,14,17H,9,11H2,1H3/t14-/m1/s1. The highest BCUT2D eigenvalue weighted by Gasteiger charge is 2.17. The second kappa shape index (κ2) is 5.33. The number of hydrogen-bond acceptors (Lipinski definition) is 3. The third-order valence-corrected chi connectivity index (χ3v) is 3.43. The van der Waals surface area contributed by atoms with E-state index in [2.05, 4.69) is 41.7 Å². The first-order chi connectivity index (χ1) is 9.36. The summed E-state index contributed by atoms with van der Waals surface area (Å²) in [6, 6.07) is 16.9. The SMILES string of the molecule is CN[C@H](Cc1ccccc1)c1ccc2c(c1)OCO2. The van der Waals surface area contributed by atoms with Gasteiger partial charge in [0.15, 0.2) is 11.5 Å². The van der Waals surface area contributed by atoms with Crippen LogP contribution in [0.3, 0.4) is 0 Å². The predicted molar refractivity (Wildman–Crippen MR) is 74.5 cm³/mol. The molecule has 3 rings (SSSR count). The summed E-state index contributed by atoms with van der Waals surface area (Å²) in [5.74, 6) is 1.67. The van der Waals surface area contributed by atoms with E-state index in [0.29, 0.717) is 6.79 Å². The lowest BCUT2D eigenvalue weighted by Gasteiger charge is -2.17. The summed E-state index contributed by atoms with van der Waals surface area (Å²) in [6.07, 6.45) is 0.955. The lowest BCUT2D eigenvalue weighted by Crippen LogP contribution is -2.18. The van der Waals surface area contributed by atoms with Gasteiger partial charge in [0, 0.05) is 6.04 Å². The molecule has 98 valence electrons. The first kappa shape index (κ1) is 12.1. The molecule has 1 atom stereocenters. The fraction of sp³-hybridized carbons (Fsp3) is 0.250. The summed E-state index contributed by atoms with van der Waals surface area (Å²) in [5.41, 5.74) is 2.54. The molecule has 1 N–H and O–H groups in total. The van der Waals surface area contributed by atoms with Crippen LogP contribution in [0.5, 0.6) is 11.5 Å². The maximum Gasteiger partial charge on any atom is 0.231 e. The predicted octanol–water partition coefficient (Wildman–Crippen LogP) is 2.92. The van der Waals surface area contributed by atoms with Crippen molar-refractivity contribution < 1.29 is 9.47 Å². The van der Waals surface area contributed by atoms with Gasteiger partial charge in [-0.1, -0.05) is 36.4 Å². The van der Waals surface area contributed by atoms with Gasteiger partial charge < -0.3 is 14.8 Å². The lowest BCUT2D eigenvalue weighted by molar-refractivity contribution is 0.174. The molecule has 2 aromatic rings. The van der Waals surface area contributed by atoms with Gasteiger partial charge in [0.25, 0.3) is 0 Å². The summed E-state index contributed by atoms with van der Waals surface area (Å²) in [6.45, 7) is 0.321. The van der Waals surface area contributed by atoms with E-state index in [1.54, 1.807) is 0 Å². The molecule has 1 heterocycles. The van der Waals surface area contributed by atoms with Gasteiger partial charge in [-0.05, 0) is 36.7 Å². The van der Waals surface area contributed by atoms with Gasteiger partial charge in [-0.2, -0.15) is 0 Å². The first-order valence-corrected chi connectivity index (χ1v) is 6.47. The minimum absolute atomic E-state index is 0.275. The molecule has 0 aromatic heterocycles. The van der Waals surface area contributed by atoms with E-state index < -0.39 is 0 Å². The molecular formula is C16H17NO2. The lowest BCUT2D eigenvalue weighted by atomic mass is 9.98. The normalized spacial score (nSPS) is 14.4. The molecule has 1 aliphatic rings. The summed E-state index contributed by atoms with van der Waals surface area (Å²) >= 11 is 0. The largest absolute Gasteiger partial charge is 0.454 e. The quantitative estimate of drug-likeness (QED) is 0.911. The van der Waals surface area contributed by atoms with Crippen LogP contribution in [0.15, 0.2) is 48.5 Å². The molecule has 0 radical (unpaired) electrons. The van der Waals surface area contributed by atoms with E-state index in [9.17, 15) is 0 Å². The van der Waals surface area contributed by atoms with Crippen molar-refractivity contribution in [1.82, 2.24) is 5.32 Å². The number of hydrogen-bond donors (Lipinski definition) is 1. The molecule has 0 aliphatic carbocycles. The Morgan fingerprint density at radius 1 is 1.05 bits per heavy atom. The van der Waals surface area contributed by atoms with Crippen LogP contribution in [0.1, 0.15) is 17.2 Å². The zero-order valence-corrected chi connectivity index (χ0v) is 10.9. The molecule has 0 saturated heterocycles. The Balaban J connectivity index is 1.82. The Bertz CT molecular complexity index is 554. The molecular weight excluding hydrogens is 238 g/mol. The molecule has 2 aromatic carbocycles. The number of fused-ring (bicyclic) bond motifs is 1. The average molecular weight is 255 g/mol. The highest BCUT2D eigenvalue weighted by molar-refractivity contribution is 5.45. The van der Waals surface area contributed by atoms with Crippen LogP contribution >= 0.6 is 0 Å². The zero-order chi connectivity index (χ0) is 13.1. The molecule has 3 nitrogen and oxygen atoms in total. The van der Waals surface area contributed by atoms with Gasteiger partial charge in [0.2, 0.25) is 6.79 Å². The molecule has 19 heavy (non-hydrogen) atoms. The van der Waals surface area contributed by atoms with Crippen molar-refractivity contribution in [2.24, 2.45) is 0 Å². The van der Waals surface area contributed by atoms with E-state index in [0.717, 1.165) is 17.9 Å². The van der Waals surface area contributed by atoms with Gasteiger partial charge in [-0.15, -0.1) is 0 Å². The van der Waals surface area contributed by atoms with Gasteiger partial charge >= 0.3 is 0 Å². The first-order valence-electron chi connectivity index (χ1n) is 6.47. The van der Waals surface area contributed by atoms with Gasteiger partial charge in [-0.25, -0.2) is 0 Å². The minimum Gasteiger partial charge on any atom is -0.454 e. The van der Waals surface area contributed by atoms with Crippen LogP contribution in [0.2, 0.25) is 0 Å². The Morgan fingerprint density at radius 3 is 2.63 bits per heavy atom. The number of likely N-dealkylation sites (N-methyl/N-ethyl adjacent to an activating group) is 1. The van der Waals surface area contributed by atoms with Crippen molar-refractivity contribution in [2.75, 3.05) is 13.8 Å². The molecule has 0 saturated carbocycles. The molecule has 0 spiro atoms. The average Bonchev–Trinajstić information content (AvgIpc) is 2.93. The van der Waals surface area contributed by atoms with Crippen LogP contribution in [0.25, 0.3) is 0 Å². The molecule has 0 unspecified atom stereocenters.